The summed E-state index contributed by atoms with van der Waals surface area (Å²) in [5.41, 5.74) is 0.545. The Bertz CT molecular complexity index is 980. The smallest absolute Gasteiger partial charge is 0.468 e. The molecule has 0 bridgehead atoms. The maximum absolute atomic E-state index is 12.5. The Kier molecular flexibility index (Phi) is 16.2. The van der Waals surface area contributed by atoms with Crippen molar-refractivity contribution in [1.82, 2.24) is 5.32 Å². The fourth-order valence-corrected chi connectivity index (χ4v) is 3.34. The maximum atomic E-state index is 12.5. The van der Waals surface area contributed by atoms with Crippen LogP contribution in [-0.4, -0.2) is 69.6 Å². The highest BCUT2D eigenvalue weighted by Crippen LogP contribution is 2.30. The van der Waals surface area contributed by atoms with Crippen LogP contribution in [0.1, 0.15) is 66.9 Å². The monoisotopic (exact) mass is 583 g/mol. The van der Waals surface area contributed by atoms with Crippen molar-refractivity contribution in [3.05, 3.63) is 23.8 Å². The van der Waals surface area contributed by atoms with Gasteiger partial charge in [-0.25, -0.2) is 14.4 Å². The highest BCUT2D eigenvalue weighted by atomic mass is 16.7. The molecule has 0 fully saturated rings. The molecule has 0 aliphatic carbocycles. The lowest BCUT2D eigenvalue weighted by Crippen LogP contribution is -2.43. The number of hydrogen-bond acceptors (Lipinski definition) is 12. The van der Waals surface area contributed by atoms with E-state index in [9.17, 15) is 19.2 Å². The van der Waals surface area contributed by atoms with Gasteiger partial charge in [0.05, 0.1) is 20.3 Å². The number of rotatable bonds is 16. The van der Waals surface area contributed by atoms with Gasteiger partial charge in [0.2, 0.25) is 0 Å². The summed E-state index contributed by atoms with van der Waals surface area (Å²) in [4.78, 5) is 48.9. The van der Waals surface area contributed by atoms with Gasteiger partial charge in [0, 0.05) is 6.54 Å². The second-order valence-corrected chi connectivity index (χ2v) is 10.5. The summed E-state index contributed by atoms with van der Waals surface area (Å²) in [6, 6.07) is 3.63. The standard InChI is InChI=1S/C29H45NO11/c1-9-10-20(6)38-29(34)39-21(7)15-30-23(26(31)35-8)13-22-11-12-24(40-27(32)36-16-18(2)3)25(14-22)41-28(33)37-17-19(4)5/h11-12,14,18-21,23,30H,9-10,13,15-17H2,1-8H3/t20?,21?,23-/m0/s1. The lowest BCUT2D eigenvalue weighted by molar-refractivity contribution is -0.143. The summed E-state index contributed by atoms with van der Waals surface area (Å²) in [6.45, 7) is 13.3. The van der Waals surface area contributed by atoms with E-state index in [1.54, 1.807) is 19.9 Å². The van der Waals surface area contributed by atoms with Crippen molar-refractivity contribution in [2.45, 2.75) is 86.0 Å². The van der Waals surface area contributed by atoms with Crippen molar-refractivity contribution >= 4 is 24.4 Å². The van der Waals surface area contributed by atoms with E-state index in [4.69, 9.17) is 33.2 Å². The lowest BCUT2D eigenvalue weighted by Gasteiger charge is -2.21. The van der Waals surface area contributed by atoms with Crippen LogP contribution in [0.3, 0.4) is 0 Å². The molecule has 0 aliphatic rings. The van der Waals surface area contributed by atoms with Crippen LogP contribution in [-0.2, 0) is 34.9 Å². The first-order valence-electron chi connectivity index (χ1n) is 13.8. The van der Waals surface area contributed by atoms with Crippen LogP contribution in [0.15, 0.2) is 18.2 Å². The van der Waals surface area contributed by atoms with Crippen molar-refractivity contribution < 1.29 is 52.3 Å². The Morgan fingerprint density at radius 1 is 0.780 bits per heavy atom. The number of esters is 1. The van der Waals surface area contributed by atoms with E-state index in [0.717, 1.165) is 12.8 Å². The predicted octanol–water partition coefficient (Wildman–Crippen LogP) is 5.43. The van der Waals surface area contributed by atoms with Gasteiger partial charge in [0.1, 0.15) is 18.2 Å². The minimum Gasteiger partial charge on any atom is -0.468 e. The van der Waals surface area contributed by atoms with Crippen molar-refractivity contribution in [2.75, 3.05) is 26.9 Å². The van der Waals surface area contributed by atoms with Crippen LogP contribution in [0, 0.1) is 11.8 Å². The Morgan fingerprint density at radius 3 is 1.88 bits per heavy atom. The highest BCUT2D eigenvalue weighted by molar-refractivity contribution is 5.76. The molecule has 12 heteroatoms. The molecule has 12 nitrogen and oxygen atoms in total. The maximum Gasteiger partial charge on any atom is 0.513 e. The molecule has 1 rings (SSSR count). The van der Waals surface area contributed by atoms with E-state index >= 15 is 0 Å². The molecule has 0 aliphatic heterocycles. The molecule has 3 atom stereocenters. The van der Waals surface area contributed by atoms with E-state index in [2.05, 4.69) is 5.32 Å². The third-order valence-corrected chi connectivity index (χ3v) is 5.33. The molecule has 0 spiro atoms. The Balaban J connectivity index is 3.00. The zero-order valence-corrected chi connectivity index (χ0v) is 25.4. The number of methoxy groups -OCH3 is 1. The van der Waals surface area contributed by atoms with Crippen molar-refractivity contribution in [3.63, 3.8) is 0 Å². The van der Waals surface area contributed by atoms with Gasteiger partial charge in [-0.05, 0) is 56.2 Å². The van der Waals surface area contributed by atoms with Gasteiger partial charge in [0.15, 0.2) is 11.5 Å². The fourth-order valence-electron chi connectivity index (χ4n) is 3.34. The Labute approximate surface area is 242 Å². The predicted molar refractivity (Wildman–Crippen MR) is 149 cm³/mol. The minimum atomic E-state index is -0.981. The molecule has 2 unspecified atom stereocenters. The summed E-state index contributed by atoms with van der Waals surface area (Å²) in [5.74, 6) is -0.549. The summed E-state index contributed by atoms with van der Waals surface area (Å²) in [7, 11) is 1.25. The summed E-state index contributed by atoms with van der Waals surface area (Å²) in [6.07, 6.45) is -1.91. The Hall–Kier alpha value is -3.54. The topological polar surface area (TPSA) is 145 Å². The van der Waals surface area contributed by atoms with Crippen molar-refractivity contribution in [3.8, 4) is 11.5 Å². The Morgan fingerprint density at radius 2 is 1.34 bits per heavy atom. The van der Waals surface area contributed by atoms with Gasteiger partial charge in [-0.3, -0.25) is 4.79 Å². The number of ether oxygens (including phenoxy) is 7. The average molecular weight is 584 g/mol. The van der Waals surface area contributed by atoms with Gasteiger partial charge >= 0.3 is 24.4 Å². The van der Waals surface area contributed by atoms with Crippen LogP contribution in [0.2, 0.25) is 0 Å². The normalized spacial score (nSPS) is 13.1. The molecular formula is C29H45NO11. The first-order chi connectivity index (χ1) is 19.3. The summed E-state index contributed by atoms with van der Waals surface area (Å²) in [5, 5.41) is 3.02. The van der Waals surface area contributed by atoms with Crippen molar-refractivity contribution in [1.29, 1.82) is 0 Å². The second kappa shape index (κ2) is 18.7. The molecule has 0 saturated carbocycles. The number of carbonyl (C=O) groups excluding carboxylic acids is 4. The molecule has 1 aromatic rings. The van der Waals surface area contributed by atoms with Crippen molar-refractivity contribution in [2.24, 2.45) is 11.8 Å². The zero-order valence-electron chi connectivity index (χ0n) is 25.4. The summed E-state index contributed by atoms with van der Waals surface area (Å²) < 4.78 is 36.1. The minimum absolute atomic E-state index is 0.0654. The van der Waals surface area contributed by atoms with Crippen LogP contribution in [0.25, 0.3) is 0 Å². The molecule has 1 aromatic carbocycles. The first kappa shape index (κ1) is 35.5. The number of carbonyl (C=O) groups is 4. The van der Waals surface area contributed by atoms with Gasteiger partial charge in [-0.15, -0.1) is 0 Å². The average Bonchev–Trinajstić information content (AvgIpc) is 2.89. The van der Waals surface area contributed by atoms with E-state index in [0.29, 0.717) is 5.56 Å². The number of nitrogens with one attached hydrogen (secondary N) is 1. The number of hydrogen-bond donors (Lipinski definition) is 1. The van der Waals surface area contributed by atoms with Crippen LogP contribution in [0.5, 0.6) is 11.5 Å². The van der Waals surface area contributed by atoms with E-state index in [1.807, 2.05) is 34.6 Å². The molecule has 1 N–H and O–H groups in total. The third-order valence-electron chi connectivity index (χ3n) is 5.33. The second-order valence-electron chi connectivity index (χ2n) is 10.5. The molecule has 0 amide bonds. The van der Waals surface area contributed by atoms with E-state index in [-0.39, 0.29) is 55.6 Å². The molecule has 0 aromatic heterocycles. The molecule has 0 radical (unpaired) electrons. The zero-order chi connectivity index (χ0) is 30.9. The quantitative estimate of drug-likeness (QED) is 0.150. The lowest BCUT2D eigenvalue weighted by atomic mass is 10.0. The van der Waals surface area contributed by atoms with Crippen LogP contribution < -0.4 is 14.8 Å². The van der Waals surface area contributed by atoms with Gasteiger partial charge in [-0.1, -0.05) is 47.1 Å². The van der Waals surface area contributed by atoms with Crippen LogP contribution in [0.4, 0.5) is 14.4 Å². The SMILES string of the molecule is CCCC(C)OC(=O)OC(C)CN[C@@H](Cc1ccc(OC(=O)OCC(C)C)c(OC(=O)OCC(C)C)c1)C(=O)OC. The highest BCUT2D eigenvalue weighted by Gasteiger charge is 2.24. The largest absolute Gasteiger partial charge is 0.513 e. The third kappa shape index (κ3) is 15.1. The number of benzene rings is 1. The summed E-state index contributed by atoms with van der Waals surface area (Å²) >= 11 is 0. The van der Waals surface area contributed by atoms with E-state index in [1.165, 1.54) is 19.2 Å². The molecule has 0 saturated heterocycles. The van der Waals surface area contributed by atoms with Gasteiger partial charge in [-0.2, -0.15) is 0 Å². The molecule has 41 heavy (non-hydrogen) atoms. The van der Waals surface area contributed by atoms with Crippen LogP contribution >= 0.6 is 0 Å². The fraction of sp³-hybridized carbons (Fsp3) is 0.655. The first-order valence-corrected chi connectivity index (χ1v) is 13.8. The molecule has 232 valence electrons. The molecule has 0 heterocycles. The van der Waals surface area contributed by atoms with Gasteiger partial charge in [0.25, 0.3) is 0 Å². The molecular weight excluding hydrogens is 538 g/mol. The van der Waals surface area contributed by atoms with E-state index < -0.39 is 36.6 Å². The van der Waals surface area contributed by atoms with Gasteiger partial charge < -0.3 is 38.5 Å².